The molecular weight excluding hydrogens is 367 g/mol. The fourth-order valence-corrected chi connectivity index (χ4v) is 2.98. The minimum absolute atomic E-state index is 0.0179. The monoisotopic (exact) mass is 384 g/mol. The Labute approximate surface area is 162 Å². The SMILES string of the molecule is N#C/C(=C/N1CCN(c2ccccc2F)CC1)C(=O)Nc1ccc(Cl)cc1. The van der Waals surface area contributed by atoms with E-state index >= 15 is 0 Å². The average Bonchev–Trinajstić information content (AvgIpc) is 2.69. The number of rotatable bonds is 4. The summed E-state index contributed by atoms with van der Waals surface area (Å²) >= 11 is 5.82. The third kappa shape index (κ3) is 4.78. The molecule has 3 rings (SSSR count). The molecule has 2 aromatic rings. The molecule has 1 fully saturated rings. The minimum atomic E-state index is -0.476. The van der Waals surface area contributed by atoms with Gasteiger partial charge in [0.1, 0.15) is 17.5 Å². The maximum Gasteiger partial charge on any atom is 0.267 e. The van der Waals surface area contributed by atoms with E-state index in [1.165, 1.54) is 6.07 Å². The Balaban J connectivity index is 1.61. The van der Waals surface area contributed by atoms with Crippen LogP contribution in [0.1, 0.15) is 0 Å². The van der Waals surface area contributed by atoms with Crippen molar-refractivity contribution in [1.29, 1.82) is 5.26 Å². The second kappa shape index (κ2) is 8.56. The predicted octanol–water partition coefficient (Wildman–Crippen LogP) is 3.65. The molecular formula is C20H18ClFN4O. The van der Waals surface area contributed by atoms with Crippen molar-refractivity contribution in [2.24, 2.45) is 0 Å². The van der Waals surface area contributed by atoms with Crippen molar-refractivity contribution in [2.45, 2.75) is 0 Å². The summed E-state index contributed by atoms with van der Waals surface area (Å²) in [5, 5.41) is 12.6. The van der Waals surface area contributed by atoms with Crippen molar-refractivity contribution in [3.63, 3.8) is 0 Å². The Hall–Kier alpha value is -3.04. The predicted molar refractivity (Wildman–Crippen MR) is 104 cm³/mol. The summed E-state index contributed by atoms with van der Waals surface area (Å²) in [4.78, 5) is 16.2. The number of nitrogens with zero attached hydrogens (tertiary/aromatic N) is 3. The van der Waals surface area contributed by atoms with Gasteiger partial charge < -0.3 is 15.1 Å². The number of carbonyl (C=O) groups is 1. The number of halogens is 2. The Morgan fingerprint density at radius 1 is 1.11 bits per heavy atom. The first-order valence-electron chi connectivity index (χ1n) is 8.49. The van der Waals surface area contributed by atoms with Crippen LogP contribution >= 0.6 is 11.6 Å². The van der Waals surface area contributed by atoms with Gasteiger partial charge in [0, 0.05) is 43.1 Å². The van der Waals surface area contributed by atoms with E-state index in [1.807, 2.05) is 15.9 Å². The zero-order valence-electron chi connectivity index (χ0n) is 14.5. The highest BCUT2D eigenvalue weighted by molar-refractivity contribution is 6.30. The number of nitriles is 1. The summed E-state index contributed by atoms with van der Waals surface area (Å²) in [6, 6.07) is 15.3. The molecule has 0 spiro atoms. The average molecular weight is 385 g/mol. The Morgan fingerprint density at radius 3 is 2.41 bits per heavy atom. The summed E-state index contributed by atoms with van der Waals surface area (Å²) in [7, 11) is 0. The van der Waals surface area contributed by atoms with E-state index in [0.717, 1.165) is 0 Å². The number of nitrogens with one attached hydrogen (secondary N) is 1. The van der Waals surface area contributed by atoms with Crippen LogP contribution in [0.4, 0.5) is 15.8 Å². The first kappa shape index (κ1) is 18.7. The van der Waals surface area contributed by atoms with Gasteiger partial charge in [-0.2, -0.15) is 5.26 Å². The topological polar surface area (TPSA) is 59.4 Å². The number of piperazine rings is 1. The molecule has 1 saturated heterocycles. The van der Waals surface area contributed by atoms with Crippen LogP contribution in [-0.2, 0) is 4.79 Å². The lowest BCUT2D eigenvalue weighted by molar-refractivity contribution is -0.112. The van der Waals surface area contributed by atoms with Gasteiger partial charge >= 0.3 is 0 Å². The van der Waals surface area contributed by atoms with Crippen molar-refractivity contribution < 1.29 is 9.18 Å². The van der Waals surface area contributed by atoms with Gasteiger partial charge in [0.25, 0.3) is 5.91 Å². The summed E-state index contributed by atoms with van der Waals surface area (Å²) in [6.45, 7) is 2.39. The van der Waals surface area contributed by atoms with E-state index in [-0.39, 0.29) is 11.4 Å². The smallest absolute Gasteiger partial charge is 0.267 e. The van der Waals surface area contributed by atoms with Crippen LogP contribution in [0, 0.1) is 17.1 Å². The molecule has 1 N–H and O–H groups in total. The van der Waals surface area contributed by atoms with Gasteiger partial charge in [0.2, 0.25) is 0 Å². The molecule has 1 heterocycles. The highest BCUT2D eigenvalue weighted by Crippen LogP contribution is 2.20. The van der Waals surface area contributed by atoms with Crippen LogP contribution < -0.4 is 10.2 Å². The van der Waals surface area contributed by atoms with Gasteiger partial charge in [-0.05, 0) is 36.4 Å². The molecule has 0 bridgehead atoms. The molecule has 0 unspecified atom stereocenters. The standard InChI is InChI=1S/C20H18ClFN4O/c21-16-5-7-17(8-6-16)24-20(27)15(13-23)14-25-9-11-26(12-10-25)19-4-2-1-3-18(19)22/h1-8,14H,9-12H2,(H,24,27)/b15-14-. The fourth-order valence-electron chi connectivity index (χ4n) is 2.85. The maximum atomic E-state index is 13.9. The summed E-state index contributed by atoms with van der Waals surface area (Å²) in [5.74, 6) is -0.724. The third-order valence-electron chi connectivity index (χ3n) is 4.29. The number of benzene rings is 2. The molecule has 0 saturated carbocycles. The zero-order chi connectivity index (χ0) is 19.2. The van der Waals surface area contributed by atoms with Crippen molar-refractivity contribution in [3.05, 3.63) is 71.1 Å². The summed E-state index contributed by atoms with van der Waals surface area (Å²) < 4.78 is 13.9. The molecule has 7 heteroatoms. The van der Waals surface area contributed by atoms with E-state index in [2.05, 4.69) is 5.32 Å². The third-order valence-corrected chi connectivity index (χ3v) is 4.54. The van der Waals surface area contributed by atoms with Crippen LogP contribution in [-0.4, -0.2) is 37.0 Å². The quantitative estimate of drug-likeness (QED) is 0.645. The molecule has 0 aromatic heterocycles. The van der Waals surface area contributed by atoms with E-state index < -0.39 is 5.91 Å². The van der Waals surface area contributed by atoms with E-state index in [0.29, 0.717) is 42.6 Å². The fraction of sp³-hybridized carbons (Fsp3) is 0.200. The Kier molecular flexibility index (Phi) is 5.94. The van der Waals surface area contributed by atoms with Gasteiger partial charge in [0.15, 0.2) is 0 Å². The molecule has 5 nitrogen and oxygen atoms in total. The van der Waals surface area contributed by atoms with Gasteiger partial charge in [-0.15, -0.1) is 0 Å². The van der Waals surface area contributed by atoms with Gasteiger partial charge in [-0.25, -0.2) is 4.39 Å². The first-order chi connectivity index (χ1) is 13.1. The molecule has 1 amide bonds. The van der Waals surface area contributed by atoms with Gasteiger partial charge in [-0.3, -0.25) is 4.79 Å². The Bertz CT molecular complexity index is 884. The number of hydrogen-bond donors (Lipinski definition) is 1. The molecule has 1 aliphatic heterocycles. The van der Waals surface area contributed by atoms with Gasteiger partial charge in [0.05, 0.1) is 5.69 Å². The highest BCUT2D eigenvalue weighted by atomic mass is 35.5. The summed E-state index contributed by atoms with van der Waals surface area (Å²) in [6.07, 6.45) is 1.56. The second-order valence-electron chi connectivity index (χ2n) is 6.09. The number of anilines is 2. The lowest BCUT2D eigenvalue weighted by atomic mass is 10.2. The van der Waals surface area contributed by atoms with Crippen molar-refractivity contribution >= 4 is 28.9 Å². The molecule has 138 valence electrons. The number of amides is 1. The normalized spacial score (nSPS) is 14.6. The maximum absolute atomic E-state index is 13.9. The van der Waals surface area contributed by atoms with E-state index in [9.17, 15) is 14.4 Å². The molecule has 2 aromatic carbocycles. The van der Waals surface area contributed by atoms with Crippen LogP contribution in [0.2, 0.25) is 5.02 Å². The van der Waals surface area contributed by atoms with E-state index in [4.69, 9.17) is 11.6 Å². The minimum Gasteiger partial charge on any atom is -0.373 e. The molecule has 0 aliphatic carbocycles. The molecule has 0 atom stereocenters. The van der Waals surface area contributed by atoms with E-state index in [1.54, 1.807) is 48.7 Å². The molecule has 27 heavy (non-hydrogen) atoms. The number of hydrogen-bond acceptors (Lipinski definition) is 4. The van der Waals surface area contributed by atoms with Crippen LogP contribution in [0.3, 0.4) is 0 Å². The van der Waals surface area contributed by atoms with Crippen LogP contribution in [0.15, 0.2) is 60.3 Å². The van der Waals surface area contributed by atoms with Crippen molar-refractivity contribution in [3.8, 4) is 6.07 Å². The summed E-state index contributed by atoms with van der Waals surface area (Å²) in [5.41, 5.74) is 1.15. The zero-order valence-corrected chi connectivity index (χ0v) is 15.3. The van der Waals surface area contributed by atoms with Crippen molar-refractivity contribution in [1.82, 2.24) is 4.90 Å². The Morgan fingerprint density at radius 2 is 1.78 bits per heavy atom. The second-order valence-corrected chi connectivity index (χ2v) is 6.53. The molecule has 1 aliphatic rings. The molecule has 0 radical (unpaired) electrons. The first-order valence-corrected chi connectivity index (χ1v) is 8.87. The van der Waals surface area contributed by atoms with Gasteiger partial charge in [-0.1, -0.05) is 23.7 Å². The lowest BCUT2D eigenvalue weighted by Gasteiger charge is -2.35. The number of para-hydroxylation sites is 1. The lowest BCUT2D eigenvalue weighted by Crippen LogP contribution is -2.44. The van der Waals surface area contributed by atoms with Crippen LogP contribution in [0.5, 0.6) is 0 Å². The van der Waals surface area contributed by atoms with Crippen LogP contribution in [0.25, 0.3) is 0 Å². The van der Waals surface area contributed by atoms with Crippen molar-refractivity contribution in [2.75, 3.05) is 36.4 Å². The largest absolute Gasteiger partial charge is 0.373 e. The number of carbonyl (C=O) groups excluding carboxylic acids is 1. The highest BCUT2D eigenvalue weighted by Gasteiger charge is 2.19.